The average molecular weight is 230 g/mol. The van der Waals surface area contributed by atoms with E-state index in [1.807, 2.05) is 0 Å². The molecule has 0 aliphatic heterocycles. The third kappa shape index (κ3) is 2.91. The van der Waals surface area contributed by atoms with Crippen molar-refractivity contribution in [2.45, 2.75) is 6.92 Å². The first-order valence-corrected chi connectivity index (χ1v) is 4.87. The predicted molar refractivity (Wildman–Crippen MR) is 54.3 cm³/mol. The molecule has 2 N–H and O–H groups in total. The van der Waals surface area contributed by atoms with E-state index in [0.29, 0.717) is 10.0 Å². The maximum atomic E-state index is 10.8. The van der Waals surface area contributed by atoms with Gasteiger partial charge in [0.25, 0.3) is 0 Å². The van der Waals surface area contributed by atoms with Crippen molar-refractivity contribution in [2.75, 3.05) is 19.0 Å². The van der Waals surface area contributed by atoms with Crippen molar-refractivity contribution in [1.29, 1.82) is 0 Å². The fourth-order valence-corrected chi connectivity index (χ4v) is 1.69. The Kier molecular flexibility index (Phi) is 3.62. The van der Waals surface area contributed by atoms with Crippen molar-refractivity contribution in [3.8, 4) is 0 Å². The predicted octanol–water partition coefficient (Wildman–Crippen LogP) is 0.735. The zero-order valence-corrected chi connectivity index (χ0v) is 9.05. The smallest absolute Gasteiger partial charge is 0.355 e. The van der Waals surface area contributed by atoms with Gasteiger partial charge in [-0.05, 0) is 6.92 Å². The van der Waals surface area contributed by atoms with Crippen molar-refractivity contribution >= 4 is 28.4 Å². The molecule has 1 heterocycles. The molecule has 0 amide bonds. The Morgan fingerprint density at radius 2 is 2.27 bits per heavy atom. The SMILES string of the molecule is COC(=O)CNc1nc(C(=O)O)c(C)s1. The molecule has 0 bridgehead atoms. The normalized spacial score (nSPS) is 9.73. The van der Waals surface area contributed by atoms with Crippen molar-refractivity contribution in [3.63, 3.8) is 0 Å². The molecule has 7 heteroatoms. The van der Waals surface area contributed by atoms with Crippen molar-refractivity contribution in [3.05, 3.63) is 10.6 Å². The van der Waals surface area contributed by atoms with Gasteiger partial charge in [0.2, 0.25) is 0 Å². The second-order valence-corrected chi connectivity index (χ2v) is 3.86. The first-order chi connectivity index (χ1) is 7.04. The van der Waals surface area contributed by atoms with Crippen LogP contribution < -0.4 is 5.32 Å². The van der Waals surface area contributed by atoms with Crippen molar-refractivity contribution < 1.29 is 19.4 Å². The summed E-state index contributed by atoms with van der Waals surface area (Å²) < 4.78 is 4.42. The molecule has 0 saturated carbocycles. The molecule has 6 nitrogen and oxygen atoms in total. The number of nitrogens with zero attached hydrogens (tertiary/aromatic N) is 1. The van der Waals surface area contributed by atoms with E-state index in [4.69, 9.17) is 5.11 Å². The van der Waals surface area contributed by atoms with Crippen LogP contribution in [0.2, 0.25) is 0 Å². The third-order valence-electron chi connectivity index (χ3n) is 1.61. The van der Waals surface area contributed by atoms with Gasteiger partial charge >= 0.3 is 11.9 Å². The molecule has 0 aromatic carbocycles. The Hall–Kier alpha value is -1.63. The maximum Gasteiger partial charge on any atom is 0.355 e. The topological polar surface area (TPSA) is 88.5 Å². The van der Waals surface area contributed by atoms with E-state index in [2.05, 4.69) is 15.0 Å². The summed E-state index contributed by atoms with van der Waals surface area (Å²) in [5.74, 6) is -1.51. The molecule has 1 rings (SSSR count). The Balaban J connectivity index is 2.67. The van der Waals surface area contributed by atoms with Gasteiger partial charge in [-0.2, -0.15) is 0 Å². The highest BCUT2D eigenvalue weighted by molar-refractivity contribution is 7.15. The first kappa shape index (κ1) is 11.4. The summed E-state index contributed by atoms with van der Waals surface area (Å²) in [6.07, 6.45) is 0. The highest BCUT2D eigenvalue weighted by Gasteiger charge is 2.14. The molecular formula is C8H10N2O4S. The van der Waals surface area contributed by atoms with Crippen LogP contribution >= 0.6 is 11.3 Å². The fourth-order valence-electron chi connectivity index (χ4n) is 0.890. The molecule has 0 spiro atoms. The molecule has 0 fully saturated rings. The monoisotopic (exact) mass is 230 g/mol. The Morgan fingerprint density at radius 3 is 2.73 bits per heavy atom. The summed E-state index contributed by atoms with van der Waals surface area (Å²) in [4.78, 5) is 25.8. The minimum atomic E-state index is -1.07. The van der Waals surface area contributed by atoms with Crippen LogP contribution in [0, 0.1) is 6.92 Å². The minimum Gasteiger partial charge on any atom is -0.476 e. The Labute approximate surface area is 89.9 Å². The largest absolute Gasteiger partial charge is 0.476 e. The summed E-state index contributed by atoms with van der Waals surface area (Å²) in [5, 5.41) is 11.8. The number of hydrogen-bond donors (Lipinski definition) is 2. The summed E-state index contributed by atoms with van der Waals surface area (Å²) in [5.41, 5.74) is 0.00682. The van der Waals surface area contributed by atoms with E-state index in [-0.39, 0.29) is 12.2 Å². The second kappa shape index (κ2) is 4.74. The summed E-state index contributed by atoms with van der Waals surface area (Å²) in [6, 6.07) is 0. The average Bonchev–Trinajstić information content (AvgIpc) is 2.56. The number of carboxylic acid groups (broad SMARTS) is 1. The third-order valence-corrected chi connectivity index (χ3v) is 2.54. The lowest BCUT2D eigenvalue weighted by atomic mass is 10.4. The van der Waals surface area contributed by atoms with E-state index in [1.54, 1.807) is 6.92 Å². The number of esters is 1. The Bertz CT molecular complexity index is 388. The molecule has 0 radical (unpaired) electrons. The van der Waals surface area contributed by atoms with Gasteiger partial charge in [-0.15, -0.1) is 11.3 Å². The van der Waals surface area contributed by atoms with Gasteiger partial charge in [-0.1, -0.05) is 0 Å². The highest BCUT2D eigenvalue weighted by Crippen LogP contribution is 2.21. The number of carboxylic acids is 1. The van der Waals surface area contributed by atoms with Gasteiger partial charge in [0.15, 0.2) is 10.8 Å². The van der Waals surface area contributed by atoms with Crippen LogP contribution in [0.25, 0.3) is 0 Å². The van der Waals surface area contributed by atoms with Gasteiger partial charge in [-0.25, -0.2) is 9.78 Å². The van der Waals surface area contributed by atoms with E-state index in [9.17, 15) is 9.59 Å². The maximum absolute atomic E-state index is 10.8. The summed E-state index contributed by atoms with van der Waals surface area (Å²) >= 11 is 1.18. The quantitative estimate of drug-likeness (QED) is 0.741. The molecule has 0 aliphatic carbocycles. The highest BCUT2D eigenvalue weighted by atomic mass is 32.1. The molecule has 0 aliphatic rings. The van der Waals surface area contributed by atoms with Crippen LogP contribution in [-0.2, 0) is 9.53 Å². The molecule has 82 valence electrons. The molecule has 0 unspecified atom stereocenters. The standard InChI is InChI=1S/C8H10N2O4S/c1-4-6(7(12)13)10-8(15-4)9-3-5(11)14-2/h3H2,1-2H3,(H,9,10)(H,12,13). The van der Waals surface area contributed by atoms with Gasteiger partial charge in [-0.3, -0.25) is 4.79 Å². The molecule has 0 saturated heterocycles. The lowest BCUT2D eigenvalue weighted by Crippen LogP contribution is -2.14. The number of aryl methyl sites for hydroxylation is 1. The fraction of sp³-hybridized carbons (Fsp3) is 0.375. The number of methoxy groups -OCH3 is 1. The lowest BCUT2D eigenvalue weighted by molar-refractivity contribution is -0.138. The number of carbonyl (C=O) groups excluding carboxylic acids is 1. The van der Waals surface area contributed by atoms with Gasteiger partial charge in [0.05, 0.1) is 7.11 Å². The number of carbonyl (C=O) groups is 2. The van der Waals surface area contributed by atoms with Crippen LogP contribution in [0.1, 0.15) is 15.4 Å². The Morgan fingerprint density at radius 1 is 1.60 bits per heavy atom. The number of rotatable bonds is 4. The van der Waals surface area contributed by atoms with Crippen LogP contribution in [-0.4, -0.2) is 35.7 Å². The summed E-state index contributed by atoms with van der Waals surface area (Å²) in [6.45, 7) is 1.63. The van der Waals surface area contributed by atoms with Crippen molar-refractivity contribution in [1.82, 2.24) is 4.98 Å². The van der Waals surface area contributed by atoms with E-state index in [0.717, 1.165) is 0 Å². The van der Waals surface area contributed by atoms with E-state index < -0.39 is 11.9 Å². The zero-order valence-electron chi connectivity index (χ0n) is 8.23. The number of anilines is 1. The molecule has 0 atom stereocenters. The number of aromatic nitrogens is 1. The van der Waals surface area contributed by atoms with Crippen LogP contribution in [0.4, 0.5) is 5.13 Å². The second-order valence-electron chi connectivity index (χ2n) is 2.66. The first-order valence-electron chi connectivity index (χ1n) is 4.06. The van der Waals surface area contributed by atoms with E-state index in [1.165, 1.54) is 18.4 Å². The summed E-state index contributed by atoms with van der Waals surface area (Å²) in [7, 11) is 1.28. The van der Waals surface area contributed by atoms with Gasteiger partial charge < -0.3 is 15.2 Å². The lowest BCUT2D eigenvalue weighted by Gasteiger charge is -1.99. The minimum absolute atomic E-state index is 0.00682. The number of nitrogens with one attached hydrogen (secondary N) is 1. The van der Waals surface area contributed by atoms with Crippen LogP contribution in [0.5, 0.6) is 0 Å². The van der Waals surface area contributed by atoms with Gasteiger partial charge in [0.1, 0.15) is 6.54 Å². The molecule has 1 aromatic rings. The number of hydrogen-bond acceptors (Lipinski definition) is 6. The zero-order chi connectivity index (χ0) is 11.4. The van der Waals surface area contributed by atoms with Gasteiger partial charge in [0, 0.05) is 4.88 Å². The van der Waals surface area contributed by atoms with Crippen molar-refractivity contribution in [2.24, 2.45) is 0 Å². The number of thiazole rings is 1. The molecular weight excluding hydrogens is 220 g/mol. The number of ether oxygens (including phenoxy) is 1. The van der Waals surface area contributed by atoms with E-state index >= 15 is 0 Å². The van der Waals surface area contributed by atoms with Crippen LogP contribution in [0.15, 0.2) is 0 Å². The van der Waals surface area contributed by atoms with Crippen LogP contribution in [0.3, 0.4) is 0 Å². The number of aromatic carboxylic acids is 1. The molecule has 15 heavy (non-hydrogen) atoms. The molecule has 1 aromatic heterocycles.